The quantitative estimate of drug-likeness (QED) is 0.813. The van der Waals surface area contributed by atoms with Crippen molar-refractivity contribution in [1.29, 1.82) is 0 Å². The Hall–Kier alpha value is -1.02. The van der Waals surface area contributed by atoms with Gasteiger partial charge in [0.2, 0.25) is 0 Å². The molecule has 0 amide bonds. The fourth-order valence-electron chi connectivity index (χ4n) is 2.30. The van der Waals surface area contributed by atoms with Gasteiger partial charge in [0.05, 0.1) is 6.61 Å². The van der Waals surface area contributed by atoms with E-state index in [2.05, 4.69) is 37.4 Å². The third-order valence-electron chi connectivity index (χ3n) is 3.34. The van der Waals surface area contributed by atoms with E-state index < -0.39 is 0 Å². The lowest BCUT2D eigenvalue weighted by Crippen LogP contribution is -2.39. The van der Waals surface area contributed by atoms with E-state index in [0.717, 1.165) is 37.3 Å². The first-order valence-corrected chi connectivity index (χ1v) is 6.73. The molecule has 2 nitrogen and oxygen atoms in total. The Kier molecular flexibility index (Phi) is 4.43. The zero-order valence-electron chi connectivity index (χ0n) is 10.9. The minimum atomic E-state index is 0.727. The third-order valence-corrected chi connectivity index (χ3v) is 3.34. The number of ether oxygens (including phenoxy) is 1. The number of benzene rings is 1. The average molecular weight is 233 g/mol. The molecule has 2 heteroatoms. The second-order valence-corrected chi connectivity index (χ2v) is 5.15. The molecule has 0 radical (unpaired) electrons. The summed E-state index contributed by atoms with van der Waals surface area (Å²) in [4.78, 5) is 0. The van der Waals surface area contributed by atoms with Crippen LogP contribution in [-0.2, 0) is 6.54 Å². The Morgan fingerprint density at radius 2 is 2.18 bits per heavy atom. The molecule has 1 saturated carbocycles. The summed E-state index contributed by atoms with van der Waals surface area (Å²) in [7, 11) is 0. The van der Waals surface area contributed by atoms with E-state index in [4.69, 9.17) is 4.74 Å². The Morgan fingerprint density at radius 3 is 2.88 bits per heavy atom. The predicted octanol–water partition coefficient (Wildman–Crippen LogP) is 3.36. The van der Waals surface area contributed by atoms with Crippen LogP contribution in [0.4, 0.5) is 0 Å². The summed E-state index contributed by atoms with van der Waals surface area (Å²) < 4.78 is 5.63. The maximum absolute atomic E-state index is 5.63. The molecule has 1 N–H and O–H groups in total. The molecule has 0 bridgehead atoms. The van der Waals surface area contributed by atoms with Gasteiger partial charge >= 0.3 is 0 Å². The number of hydrogen-bond donors (Lipinski definition) is 1. The Bertz CT molecular complexity index is 345. The van der Waals surface area contributed by atoms with Gasteiger partial charge in [-0.1, -0.05) is 26.0 Å². The predicted molar refractivity (Wildman–Crippen MR) is 71.3 cm³/mol. The van der Waals surface area contributed by atoms with E-state index in [0.29, 0.717) is 0 Å². The summed E-state index contributed by atoms with van der Waals surface area (Å²) in [6.07, 6.45) is 3.71. The van der Waals surface area contributed by atoms with Crippen molar-refractivity contribution < 1.29 is 4.74 Å². The summed E-state index contributed by atoms with van der Waals surface area (Å²) in [5, 5.41) is 3.59. The van der Waals surface area contributed by atoms with Gasteiger partial charge < -0.3 is 10.1 Å². The Labute approximate surface area is 104 Å². The van der Waals surface area contributed by atoms with Crippen LogP contribution in [-0.4, -0.2) is 12.6 Å². The van der Waals surface area contributed by atoms with Gasteiger partial charge in [0.15, 0.2) is 0 Å². The summed E-state index contributed by atoms with van der Waals surface area (Å²) in [5.74, 6) is 1.90. The molecule has 94 valence electrons. The maximum atomic E-state index is 5.63. The van der Waals surface area contributed by atoms with Gasteiger partial charge in [-0.15, -0.1) is 0 Å². The van der Waals surface area contributed by atoms with Crippen LogP contribution in [0.25, 0.3) is 0 Å². The van der Waals surface area contributed by atoms with Crippen molar-refractivity contribution in [3.63, 3.8) is 0 Å². The molecule has 0 unspecified atom stereocenters. The van der Waals surface area contributed by atoms with Gasteiger partial charge in [-0.3, -0.25) is 0 Å². The molecule has 0 atom stereocenters. The minimum absolute atomic E-state index is 0.727. The van der Waals surface area contributed by atoms with Crippen molar-refractivity contribution in [2.24, 2.45) is 5.92 Å². The maximum Gasteiger partial charge on any atom is 0.119 e. The highest BCUT2D eigenvalue weighted by molar-refractivity contribution is 5.28. The fourth-order valence-corrected chi connectivity index (χ4v) is 2.30. The minimum Gasteiger partial charge on any atom is -0.494 e. The first-order chi connectivity index (χ1) is 8.28. The summed E-state index contributed by atoms with van der Waals surface area (Å²) in [6, 6.07) is 9.14. The highest BCUT2D eigenvalue weighted by Crippen LogP contribution is 2.26. The lowest BCUT2D eigenvalue weighted by atomic mass is 9.82. The first kappa shape index (κ1) is 12.4. The third kappa shape index (κ3) is 3.74. The molecule has 0 heterocycles. The zero-order chi connectivity index (χ0) is 12.1. The van der Waals surface area contributed by atoms with Crippen molar-refractivity contribution in [2.75, 3.05) is 6.61 Å². The van der Waals surface area contributed by atoms with Crippen LogP contribution in [0.2, 0.25) is 0 Å². The van der Waals surface area contributed by atoms with Crippen LogP contribution in [0.15, 0.2) is 24.3 Å². The largest absolute Gasteiger partial charge is 0.494 e. The SMILES string of the molecule is CCCOc1cccc(CNC2CC(C)C2)c1. The first-order valence-electron chi connectivity index (χ1n) is 6.73. The molecule has 2 rings (SSSR count). The lowest BCUT2D eigenvalue weighted by Gasteiger charge is -2.33. The smallest absolute Gasteiger partial charge is 0.119 e. The second kappa shape index (κ2) is 6.06. The van der Waals surface area contributed by atoms with Crippen LogP contribution in [0.3, 0.4) is 0 Å². The standard InChI is InChI=1S/C15H23NO/c1-3-7-17-15-6-4-5-13(10-15)11-16-14-8-12(2)9-14/h4-6,10,12,14,16H,3,7-9,11H2,1-2H3. The van der Waals surface area contributed by atoms with Crippen molar-refractivity contribution in [3.8, 4) is 5.75 Å². The Morgan fingerprint density at radius 1 is 1.35 bits per heavy atom. The van der Waals surface area contributed by atoms with Crippen LogP contribution in [0.5, 0.6) is 5.75 Å². The van der Waals surface area contributed by atoms with Crippen LogP contribution in [0, 0.1) is 5.92 Å². The second-order valence-electron chi connectivity index (χ2n) is 5.15. The van der Waals surface area contributed by atoms with Crippen LogP contribution < -0.4 is 10.1 Å². The molecule has 0 saturated heterocycles. The molecule has 17 heavy (non-hydrogen) atoms. The summed E-state index contributed by atoms with van der Waals surface area (Å²) in [5.41, 5.74) is 1.32. The van der Waals surface area contributed by atoms with E-state index in [1.165, 1.54) is 18.4 Å². The van der Waals surface area contributed by atoms with E-state index in [9.17, 15) is 0 Å². The van der Waals surface area contributed by atoms with Gasteiger partial charge in [0, 0.05) is 12.6 Å². The highest BCUT2D eigenvalue weighted by Gasteiger charge is 2.24. The van der Waals surface area contributed by atoms with E-state index in [1.54, 1.807) is 0 Å². The van der Waals surface area contributed by atoms with E-state index in [1.807, 2.05) is 6.07 Å². The van der Waals surface area contributed by atoms with Crippen LogP contribution >= 0.6 is 0 Å². The highest BCUT2D eigenvalue weighted by atomic mass is 16.5. The number of nitrogens with one attached hydrogen (secondary N) is 1. The van der Waals surface area contributed by atoms with Gasteiger partial charge in [-0.25, -0.2) is 0 Å². The molecule has 1 aliphatic carbocycles. The van der Waals surface area contributed by atoms with Gasteiger partial charge in [0.1, 0.15) is 5.75 Å². The van der Waals surface area contributed by atoms with Crippen molar-refractivity contribution in [2.45, 2.75) is 45.7 Å². The Balaban J connectivity index is 1.79. The molecule has 1 fully saturated rings. The molecule has 0 spiro atoms. The number of hydrogen-bond acceptors (Lipinski definition) is 2. The molecule has 1 aliphatic rings. The lowest BCUT2D eigenvalue weighted by molar-refractivity contribution is 0.240. The average Bonchev–Trinajstić information content (AvgIpc) is 2.31. The summed E-state index contributed by atoms with van der Waals surface area (Å²) in [6.45, 7) is 6.21. The van der Waals surface area contributed by atoms with Gasteiger partial charge in [-0.05, 0) is 42.9 Å². The normalized spacial score (nSPS) is 23.2. The zero-order valence-corrected chi connectivity index (χ0v) is 10.9. The van der Waals surface area contributed by atoms with Gasteiger partial charge in [0.25, 0.3) is 0 Å². The van der Waals surface area contributed by atoms with Gasteiger partial charge in [-0.2, -0.15) is 0 Å². The van der Waals surface area contributed by atoms with Crippen LogP contribution in [0.1, 0.15) is 38.7 Å². The molecule has 0 aliphatic heterocycles. The molecule has 1 aromatic carbocycles. The molecule has 0 aromatic heterocycles. The van der Waals surface area contributed by atoms with Crippen molar-refractivity contribution in [3.05, 3.63) is 29.8 Å². The fraction of sp³-hybridized carbons (Fsp3) is 0.600. The molecule has 1 aromatic rings. The van der Waals surface area contributed by atoms with E-state index in [-0.39, 0.29) is 0 Å². The van der Waals surface area contributed by atoms with Crippen molar-refractivity contribution >= 4 is 0 Å². The van der Waals surface area contributed by atoms with E-state index >= 15 is 0 Å². The monoisotopic (exact) mass is 233 g/mol. The molecular weight excluding hydrogens is 210 g/mol. The number of rotatable bonds is 6. The molecular formula is C15H23NO. The summed E-state index contributed by atoms with van der Waals surface area (Å²) >= 11 is 0. The topological polar surface area (TPSA) is 21.3 Å². The van der Waals surface area contributed by atoms with Crippen molar-refractivity contribution in [1.82, 2.24) is 5.32 Å².